The smallest absolute Gasteiger partial charge is 0.314 e. The molecule has 0 aliphatic rings. The second-order valence-electron chi connectivity index (χ2n) is 4.24. The second-order valence-corrected chi connectivity index (χ2v) is 4.24. The first kappa shape index (κ1) is 13.3. The van der Waals surface area contributed by atoms with Crippen LogP contribution in [0, 0.1) is 13.8 Å². The summed E-state index contributed by atoms with van der Waals surface area (Å²) in [5, 5.41) is 10.6. The van der Waals surface area contributed by atoms with Gasteiger partial charge in [0.05, 0.1) is 16.8 Å². The molecule has 0 aliphatic heterocycles. The van der Waals surface area contributed by atoms with Gasteiger partial charge < -0.3 is 8.94 Å². The van der Waals surface area contributed by atoms with Crippen molar-refractivity contribution in [1.29, 1.82) is 0 Å². The van der Waals surface area contributed by atoms with Crippen LogP contribution in [0.15, 0.2) is 21.3 Å². The molecule has 9 heteroatoms. The lowest BCUT2D eigenvalue weighted by atomic mass is 10.2. The van der Waals surface area contributed by atoms with E-state index in [2.05, 4.69) is 25.3 Å². The maximum atomic E-state index is 12.4. The predicted octanol–water partition coefficient (Wildman–Crippen LogP) is 2.74. The molecule has 0 aromatic carbocycles. The molecule has 0 aliphatic carbocycles. The number of hydrogen-bond donors (Lipinski definition) is 0. The highest BCUT2D eigenvalue weighted by molar-refractivity contribution is 5.61. The molecule has 3 aromatic rings. The lowest BCUT2D eigenvalue weighted by Crippen LogP contribution is -1.92. The van der Waals surface area contributed by atoms with E-state index in [0.717, 1.165) is 0 Å². The summed E-state index contributed by atoms with van der Waals surface area (Å²) in [4.78, 5) is 8.29. The van der Waals surface area contributed by atoms with Gasteiger partial charge in [0.1, 0.15) is 5.76 Å². The van der Waals surface area contributed by atoms with Crippen molar-refractivity contribution >= 4 is 0 Å². The van der Waals surface area contributed by atoms with Crippen LogP contribution in [0.3, 0.4) is 0 Å². The van der Waals surface area contributed by atoms with Gasteiger partial charge in [0.15, 0.2) is 5.82 Å². The van der Waals surface area contributed by atoms with E-state index in [-0.39, 0.29) is 5.89 Å². The highest BCUT2D eigenvalue weighted by atomic mass is 19.3. The van der Waals surface area contributed by atoms with Crippen LogP contribution < -0.4 is 0 Å². The van der Waals surface area contributed by atoms with E-state index in [9.17, 15) is 8.78 Å². The van der Waals surface area contributed by atoms with Gasteiger partial charge in [0.2, 0.25) is 0 Å². The first-order chi connectivity index (χ1) is 10.1. The van der Waals surface area contributed by atoms with Gasteiger partial charge in [0.25, 0.3) is 11.8 Å². The molecule has 3 heterocycles. The molecule has 21 heavy (non-hydrogen) atoms. The van der Waals surface area contributed by atoms with Gasteiger partial charge >= 0.3 is 6.43 Å². The van der Waals surface area contributed by atoms with Crippen LogP contribution in [0.4, 0.5) is 8.78 Å². The quantitative estimate of drug-likeness (QED) is 0.733. The van der Waals surface area contributed by atoms with Crippen molar-refractivity contribution < 1.29 is 17.7 Å². The van der Waals surface area contributed by atoms with Crippen molar-refractivity contribution in [3.63, 3.8) is 0 Å². The van der Waals surface area contributed by atoms with Crippen LogP contribution in [-0.4, -0.2) is 25.3 Å². The maximum Gasteiger partial charge on any atom is 0.314 e. The Morgan fingerprint density at radius 3 is 2.33 bits per heavy atom. The van der Waals surface area contributed by atoms with E-state index >= 15 is 0 Å². The minimum absolute atomic E-state index is 0.0596. The minimum atomic E-state index is -2.81. The molecule has 7 nitrogen and oxygen atoms in total. The molecule has 0 N–H and O–H groups in total. The average molecular weight is 293 g/mol. The van der Waals surface area contributed by atoms with Crippen LogP contribution in [0.25, 0.3) is 22.8 Å². The van der Waals surface area contributed by atoms with Crippen molar-refractivity contribution in [2.45, 2.75) is 20.3 Å². The summed E-state index contributed by atoms with van der Waals surface area (Å²) in [6.45, 7) is 3.52. The van der Waals surface area contributed by atoms with E-state index in [0.29, 0.717) is 28.4 Å². The van der Waals surface area contributed by atoms with Crippen LogP contribution in [-0.2, 0) is 0 Å². The zero-order valence-corrected chi connectivity index (χ0v) is 11.0. The van der Waals surface area contributed by atoms with Crippen LogP contribution >= 0.6 is 0 Å². The van der Waals surface area contributed by atoms with Crippen molar-refractivity contribution in [2.24, 2.45) is 0 Å². The third kappa shape index (κ3) is 2.37. The van der Waals surface area contributed by atoms with E-state index in [1.807, 2.05) is 0 Å². The van der Waals surface area contributed by atoms with Crippen molar-refractivity contribution in [3.05, 3.63) is 29.7 Å². The highest BCUT2D eigenvalue weighted by Gasteiger charge is 2.18. The van der Waals surface area contributed by atoms with E-state index < -0.39 is 12.3 Å². The first-order valence-electron chi connectivity index (χ1n) is 5.93. The third-order valence-electron chi connectivity index (χ3n) is 2.78. The molecule has 0 amide bonds. The molecule has 108 valence electrons. The van der Waals surface area contributed by atoms with Gasteiger partial charge in [-0.25, -0.2) is 9.97 Å². The molecule has 0 atom stereocenters. The number of aromatic nitrogens is 5. The van der Waals surface area contributed by atoms with Gasteiger partial charge in [-0.3, -0.25) is 0 Å². The Bertz CT molecular complexity index is 747. The number of hydrogen-bond acceptors (Lipinski definition) is 7. The lowest BCUT2D eigenvalue weighted by molar-refractivity contribution is 0.116. The fraction of sp³-hybridized carbons (Fsp3) is 0.250. The topological polar surface area (TPSA) is 90.7 Å². The summed E-state index contributed by atoms with van der Waals surface area (Å²) < 4.78 is 34.6. The molecular formula is C12H9F2N5O2. The van der Waals surface area contributed by atoms with E-state index in [1.54, 1.807) is 13.8 Å². The minimum Gasteiger partial charge on any atom is -0.415 e. The van der Waals surface area contributed by atoms with Crippen molar-refractivity contribution in [1.82, 2.24) is 25.3 Å². The molecule has 0 unspecified atom stereocenters. The fourth-order valence-corrected chi connectivity index (χ4v) is 1.81. The van der Waals surface area contributed by atoms with E-state index in [1.165, 1.54) is 12.4 Å². The number of rotatable bonds is 3. The monoisotopic (exact) mass is 293 g/mol. The summed E-state index contributed by atoms with van der Waals surface area (Å²) in [6, 6.07) is 0. The maximum absolute atomic E-state index is 12.4. The Balaban J connectivity index is 1.93. The summed E-state index contributed by atoms with van der Waals surface area (Å²) in [5.41, 5.74) is 1.71. The molecule has 0 saturated heterocycles. The van der Waals surface area contributed by atoms with Crippen LogP contribution in [0.2, 0.25) is 0 Å². The molecule has 3 aromatic heterocycles. The van der Waals surface area contributed by atoms with Crippen LogP contribution in [0.5, 0.6) is 0 Å². The summed E-state index contributed by atoms with van der Waals surface area (Å²) in [5.74, 6) is 0.219. The largest absolute Gasteiger partial charge is 0.415 e. The Morgan fingerprint density at radius 2 is 1.81 bits per heavy atom. The highest BCUT2D eigenvalue weighted by Crippen LogP contribution is 2.26. The van der Waals surface area contributed by atoms with Gasteiger partial charge in [-0.1, -0.05) is 5.16 Å². The summed E-state index contributed by atoms with van der Waals surface area (Å²) in [6.07, 6.45) is 0.0160. The standard InChI is InChI=1S/C12H9F2N5O2/c1-5-8(6(2)21-19-5)10-15-3-7(4-16-10)11-17-18-12(20-11)9(13)14/h3-4,9H,1-2H3. The Labute approximate surface area is 117 Å². The van der Waals surface area contributed by atoms with Crippen molar-refractivity contribution in [2.75, 3.05) is 0 Å². The zero-order chi connectivity index (χ0) is 15.0. The second kappa shape index (κ2) is 5.00. The normalized spacial score (nSPS) is 11.3. The van der Waals surface area contributed by atoms with Gasteiger partial charge in [-0.15, -0.1) is 10.2 Å². The molecular weight excluding hydrogens is 284 g/mol. The van der Waals surface area contributed by atoms with Gasteiger partial charge in [-0.2, -0.15) is 8.78 Å². The summed E-state index contributed by atoms with van der Waals surface area (Å²) in [7, 11) is 0. The van der Waals surface area contributed by atoms with E-state index in [4.69, 9.17) is 8.94 Å². The Kier molecular flexibility index (Phi) is 3.16. The fourth-order valence-electron chi connectivity index (χ4n) is 1.81. The van der Waals surface area contributed by atoms with Gasteiger partial charge in [0, 0.05) is 12.4 Å². The molecule has 3 rings (SSSR count). The third-order valence-corrected chi connectivity index (χ3v) is 2.78. The van der Waals surface area contributed by atoms with Gasteiger partial charge in [-0.05, 0) is 13.8 Å². The number of nitrogens with zero attached hydrogens (tertiary/aromatic N) is 5. The molecule has 0 radical (unpaired) electrons. The van der Waals surface area contributed by atoms with Crippen LogP contribution in [0.1, 0.15) is 23.8 Å². The molecule has 0 saturated carbocycles. The molecule has 0 fully saturated rings. The predicted molar refractivity (Wildman–Crippen MR) is 65.3 cm³/mol. The van der Waals surface area contributed by atoms with Crippen molar-refractivity contribution in [3.8, 4) is 22.8 Å². The Hall–Kier alpha value is -2.71. The molecule has 0 bridgehead atoms. The number of aryl methyl sites for hydroxylation is 2. The zero-order valence-electron chi connectivity index (χ0n) is 11.0. The average Bonchev–Trinajstić information content (AvgIpc) is 3.07. The SMILES string of the molecule is Cc1noc(C)c1-c1ncc(-c2nnc(C(F)F)o2)cn1. The first-order valence-corrected chi connectivity index (χ1v) is 5.93. The summed E-state index contributed by atoms with van der Waals surface area (Å²) >= 11 is 0. The lowest BCUT2D eigenvalue weighted by Gasteiger charge is -1.99. The number of halogens is 2. The Morgan fingerprint density at radius 1 is 1.10 bits per heavy atom. The number of alkyl halides is 2. The molecule has 0 spiro atoms.